The number of benzene rings is 1. The summed E-state index contributed by atoms with van der Waals surface area (Å²) in [6.07, 6.45) is 1.66. The van der Waals surface area contributed by atoms with E-state index in [2.05, 4.69) is 4.98 Å². The quantitative estimate of drug-likeness (QED) is 0.769. The predicted molar refractivity (Wildman–Crippen MR) is 71.7 cm³/mol. The van der Waals surface area contributed by atoms with Gasteiger partial charge in [-0.1, -0.05) is 30.3 Å². The number of hydrogen-bond acceptors (Lipinski definition) is 3. The Hall–Kier alpha value is -2.49. The van der Waals surface area contributed by atoms with E-state index in [4.69, 9.17) is 0 Å². The average Bonchev–Trinajstić information content (AvgIpc) is 2.79. The molecule has 19 heavy (non-hydrogen) atoms. The van der Waals surface area contributed by atoms with E-state index in [9.17, 15) is 9.59 Å². The third-order valence-corrected chi connectivity index (χ3v) is 3.11. The Labute approximate surface area is 110 Å². The maximum absolute atomic E-state index is 11.7. The Kier molecular flexibility index (Phi) is 2.83. The highest BCUT2D eigenvalue weighted by molar-refractivity contribution is 6.15. The SMILES string of the molecule is O=C1CC(=O)N(c2ccnc(-c3ccccc3)c2)C1. The minimum Gasteiger partial charge on any atom is -0.304 e. The van der Waals surface area contributed by atoms with Gasteiger partial charge in [0.25, 0.3) is 0 Å². The molecule has 0 aliphatic carbocycles. The van der Waals surface area contributed by atoms with Crippen LogP contribution in [0.4, 0.5) is 5.69 Å². The van der Waals surface area contributed by atoms with E-state index >= 15 is 0 Å². The van der Waals surface area contributed by atoms with Crippen molar-refractivity contribution in [1.82, 2.24) is 4.98 Å². The van der Waals surface area contributed by atoms with E-state index in [1.807, 2.05) is 36.4 Å². The summed E-state index contributed by atoms with van der Waals surface area (Å²) in [6, 6.07) is 13.3. The molecule has 1 amide bonds. The molecule has 0 unspecified atom stereocenters. The topological polar surface area (TPSA) is 50.3 Å². The number of carbonyl (C=O) groups excluding carboxylic acids is 2. The summed E-state index contributed by atoms with van der Waals surface area (Å²) in [5, 5.41) is 0. The summed E-state index contributed by atoms with van der Waals surface area (Å²) in [5.74, 6) is -0.182. The molecule has 1 aromatic carbocycles. The molecule has 2 heterocycles. The summed E-state index contributed by atoms with van der Waals surface area (Å²) in [6.45, 7) is 0.164. The molecule has 0 atom stereocenters. The lowest BCUT2D eigenvalue weighted by Crippen LogP contribution is -2.24. The first-order chi connectivity index (χ1) is 9.24. The standard InChI is InChI=1S/C15H12N2O2/c18-13-9-15(19)17(10-13)12-6-7-16-14(8-12)11-4-2-1-3-5-11/h1-8H,9-10H2. The molecule has 0 saturated carbocycles. The van der Waals surface area contributed by atoms with Gasteiger partial charge in [-0.3, -0.25) is 14.6 Å². The van der Waals surface area contributed by atoms with Crippen LogP contribution in [0.25, 0.3) is 11.3 Å². The zero-order valence-electron chi connectivity index (χ0n) is 10.2. The lowest BCUT2D eigenvalue weighted by atomic mass is 10.1. The Morgan fingerprint density at radius 1 is 1.05 bits per heavy atom. The van der Waals surface area contributed by atoms with Gasteiger partial charge < -0.3 is 4.90 Å². The molecule has 4 nitrogen and oxygen atoms in total. The van der Waals surface area contributed by atoms with Gasteiger partial charge in [0.05, 0.1) is 18.7 Å². The number of rotatable bonds is 2. The van der Waals surface area contributed by atoms with Crippen molar-refractivity contribution in [2.75, 3.05) is 11.4 Å². The van der Waals surface area contributed by atoms with Crippen LogP contribution in [0.5, 0.6) is 0 Å². The minimum atomic E-state index is -0.143. The van der Waals surface area contributed by atoms with Crippen LogP contribution in [0.3, 0.4) is 0 Å². The second-order valence-electron chi connectivity index (χ2n) is 4.46. The van der Waals surface area contributed by atoms with E-state index in [0.29, 0.717) is 0 Å². The fourth-order valence-electron chi connectivity index (χ4n) is 2.17. The van der Waals surface area contributed by atoms with E-state index in [1.54, 1.807) is 12.3 Å². The first kappa shape index (κ1) is 11.6. The smallest absolute Gasteiger partial charge is 0.234 e. The first-order valence-electron chi connectivity index (χ1n) is 6.07. The number of aromatic nitrogens is 1. The second kappa shape index (κ2) is 4.65. The average molecular weight is 252 g/mol. The van der Waals surface area contributed by atoms with Gasteiger partial charge in [0.15, 0.2) is 5.78 Å². The summed E-state index contributed by atoms with van der Waals surface area (Å²) in [5.41, 5.74) is 2.51. The van der Waals surface area contributed by atoms with Crippen molar-refractivity contribution >= 4 is 17.4 Å². The van der Waals surface area contributed by atoms with Gasteiger partial charge in [-0.05, 0) is 12.1 Å². The largest absolute Gasteiger partial charge is 0.304 e. The van der Waals surface area contributed by atoms with Crippen LogP contribution < -0.4 is 4.90 Å². The molecule has 1 aromatic heterocycles. The molecule has 0 bridgehead atoms. The van der Waals surface area contributed by atoms with Crippen molar-refractivity contribution in [1.29, 1.82) is 0 Å². The normalized spacial score (nSPS) is 15.1. The zero-order chi connectivity index (χ0) is 13.2. The van der Waals surface area contributed by atoms with Crippen molar-refractivity contribution in [3.63, 3.8) is 0 Å². The van der Waals surface area contributed by atoms with Crippen molar-refractivity contribution < 1.29 is 9.59 Å². The lowest BCUT2D eigenvalue weighted by Gasteiger charge is -2.15. The number of Topliss-reactive ketones (excluding diaryl/α,β-unsaturated/α-hetero) is 1. The molecule has 4 heteroatoms. The third-order valence-electron chi connectivity index (χ3n) is 3.11. The van der Waals surface area contributed by atoms with E-state index in [-0.39, 0.29) is 24.7 Å². The molecule has 0 spiro atoms. The van der Waals surface area contributed by atoms with Gasteiger partial charge >= 0.3 is 0 Å². The van der Waals surface area contributed by atoms with Crippen LogP contribution >= 0.6 is 0 Å². The fourth-order valence-corrected chi connectivity index (χ4v) is 2.17. The van der Waals surface area contributed by atoms with Crippen molar-refractivity contribution in [2.45, 2.75) is 6.42 Å². The van der Waals surface area contributed by atoms with Crippen molar-refractivity contribution in [2.24, 2.45) is 0 Å². The Bertz CT molecular complexity index is 638. The summed E-state index contributed by atoms with van der Waals surface area (Å²) in [4.78, 5) is 28.8. The van der Waals surface area contributed by atoms with Crippen molar-refractivity contribution in [3.05, 3.63) is 48.7 Å². The van der Waals surface area contributed by atoms with Crippen LogP contribution in [-0.4, -0.2) is 23.2 Å². The van der Waals surface area contributed by atoms with E-state index in [1.165, 1.54) is 4.90 Å². The number of hydrogen-bond donors (Lipinski definition) is 0. The number of anilines is 1. The molecule has 1 fully saturated rings. The molecule has 1 aliphatic rings. The zero-order valence-corrected chi connectivity index (χ0v) is 10.2. The summed E-state index contributed by atoms with van der Waals surface area (Å²) in [7, 11) is 0. The second-order valence-corrected chi connectivity index (χ2v) is 4.46. The predicted octanol–water partition coefficient (Wildman–Crippen LogP) is 2.05. The van der Waals surface area contributed by atoms with Gasteiger partial charge in [-0.25, -0.2) is 0 Å². The minimum absolute atomic E-state index is 0.00297. The number of pyridine rings is 1. The first-order valence-corrected chi connectivity index (χ1v) is 6.07. The van der Waals surface area contributed by atoms with Gasteiger partial charge in [0.2, 0.25) is 5.91 Å². The third kappa shape index (κ3) is 2.25. The van der Waals surface area contributed by atoms with Crippen LogP contribution in [0.1, 0.15) is 6.42 Å². The Balaban J connectivity index is 1.97. The van der Waals surface area contributed by atoms with Gasteiger partial charge in [0.1, 0.15) is 0 Å². The van der Waals surface area contributed by atoms with Gasteiger partial charge in [-0.2, -0.15) is 0 Å². The van der Waals surface area contributed by atoms with E-state index in [0.717, 1.165) is 16.9 Å². The van der Waals surface area contributed by atoms with Crippen LogP contribution in [0, 0.1) is 0 Å². The van der Waals surface area contributed by atoms with Crippen molar-refractivity contribution in [3.8, 4) is 11.3 Å². The fraction of sp³-hybridized carbons (Fsp3) is 0.133. The van der Waals surface area contributed by atoms with E-state index < -0.39 is 0 Å². The molecule has 0 radical (unpaired) electrons. The molecular weight excluding hydrogens is 240 g/mol. The lowest BCUT2D eigenvalue weighted by molar-refractivity contribution is -0.121. The molecule has 2 aromatic rings. The number of carbonyl (C=O) groups is 2. The molecule has 94 valence electrons. The monoisotopic (exact) mass is 252 g/mol. The van der Waals surface area contributed by atoms with Gasteiger partial charge in [0, 0.05) is 17.4 Å². The molecule has 1 aliphatic heterocycles. The summed E-state index contributed by atoms with van der Waals surface area (Å²) < 4.78 is 0. The maximum Gasteiger partial charge on any atom is 0.234 e. The number of ketones is 1. The molecule has 1 saturated heterocycles. The van der Waals surface area contributed by atoms with Crippen LogP contribution in [0.2, 0.25) is 0 Å². The summed E-state index contributed by atoms with van der Waals surface area (Å²) >= 11 is 0. The highest BCUT2D eigenvalue weighted by Gasteiger charge is 2.28. The molecule has 3 rings (SSSR count). The Morgan fingerprint density at radius 3 is 2.53 bits per heavy atom. The highest BCUT2D eigenvalue weighted by Crippen LogP contribution is 2.24. The maximum atomic E-state index is 11.7. The van der Waals surface area contributed by atoms with Gasteiger partial charge in [-0.15, -0.1) is 0 Å². The molecule has 0 N–H and O–H groups in total. The molecular formula is C15H12N2O2. The Morgan fingerprint density at radius 2 is 1.84 bits per heavy atom. The number of nitrogens with zero attached hydrogens (tertiary/aromatic N) is 2. The highest BCUT2D eigenvalue weighted by atomic mass is 16.2. The van der Waals surface area contributed by atoms with Crippen LogP contribution in [0.15, 0.2) is 48.7 Å². The van der Waals surface area contributed by atoms with Crippen LogP contribution in [-0.2, 0) is 9.59 Å². The number of amides is 1.